The Morgan fingerprint density at radius 3 is 2.39 bits per heavy atom. The van der Waals surface area contributed by atoms with Crippen molar-refractivity contribution in [2.24, 2.45) is 0 Å². The number of halogens is 1. The van der Waals surface area contributed by atoms with E-state index in [1.54, 1.807) is 17.0 Å². The third kappa shape index (κ3) is 4.97. The lowest BCUT2D eigenvalue weighted by Crippen LogP contribution is -2.57. The maximum Gasteiger partial charge on any atom is 0.256 e. The number of amides is 1. The van der Waals surface area contributed by atoms with Gasteiger partial charge >= 0.3 is 0 Å². The Balaban J connectivity index is 1.58. The molecule has 1 atom stereocenters. The van der Waals surface area contributed by atoms with Crippen LogP contribution in [0.25, 0.3) is 0 Å². The number of aliphatic hydroxyl groups is 1. The predicted octanol–water partition coefficient (Wildman–Crippen LogP) is 3.59. The van der Waals surface area contributed by atoms with Gasteiger partial charge in [-0.3, -0.25) is 4.79 Å². The fourth-order valence-corrected chi connectivity index (χ4v) is 3.62. The van der Waals surface area contributed by atoms with Crippen molar-refractivity contribution in [3.63, 3.8) is 0 Å². The Morgan fingerprint density at radius 1 is 1.11 bits per heavy atom. The first-order chi connectivity index (χ1) is 13.4. The minimum Gasteiger partial charge on any atom is -0.379 e. The summed E-state index contributed by atoms with van der Waals surface area (Å²) in [4.78, 5) is 14.6. The fraction of sp³-hybridized carbons (Fsp3) is 0.435. The lowest BCUT2D eigenvalue weighted by atomic mass is 9.91. The molecule has 3 rings (SSSR count). The number of rotatable bonds is 7. The van der Waals surface area contributed by atoms with E-state index in [-0.39, 0.29) is 18.3 Å². The molecule has 2 aromatic rings. The van der Waals surface area contributed by atoms with Crippen LogP contribution in [-0.4, -0.2) is 34.6 Å². The van der Waals surface area contributed by atoms with Gasteiger partial charge in [0, 0.05) is 26.2 Å². The number of carbonyl (C=O) groups excluding carboxylic acids is 1. The topological polar surface area (TPSA) is 52.6 Å². The summed E-state index contributed by atoms with van der Waals surface area (Å²) in [6, 6.07) is 14.5. The van der Waals surface area contributed by atoms with Crippen LogP contribution in [0.4, 0.5) is 4.39 Å². The Morgan fingerprint density at radius 2 is 1.75 bits per heavy atom. The van der Waals surface area contributed by atoms with Crippen LogP contribution in [0, 0.1) is 5.82 Å². The first-order valence-electron chi connectivity index (χ1n) is 9.93. The van der Waals surface area contributed by atoms with Crippen LogP contribution < -0.4 is 5.32 Å². The van der Waals surface area contributed by atoms with Crippen molar-refractivity contribution in [2.75, 3.05) is 13.1 Å². The fourth-order valence-electron chi connectivity index (χ4n) is 3.62. The zero-order valence-corrected chi connectivity index (χ0v) is 16.6. The van der Waals surface area contributed by atoms with E-state index in [2.05, 4.69) is 43.4 Å². The van der Waals surface area contributed by atoms with Gasteiger partial charge in [0.1, 0.15) is 5.82 Å². The van der Waals surface area contributed by atoms with Crippen LogP contribution >= 0.6 is 0 Å². The quantitative estimate of drug-likeness (QED) is 0.767. The maximum atomic E-state index is 13.0. The summed E-state index contributed by atoms with van der Waals surface area (Å²) in [7, 11) is 0. The summed E-state index contributed by atoms with van der Waals surface area (Å²) in [5.74, 6) is -0.0249. The molecule has 1 fully saturated rings. The summed E-state index contributed by atoms with van der Waals surface area (Å²) in [6.45, 7) is 6.14. The first-order valence-corrected chi connectivity index (χ1v) is 9.93. The number of benzene rings is 2. The van der Waals surface area contributed by atoms with Crippen molar-refractivity contribution >= 4 is 5.91 Å². The van der Waals surface area contributed by atoms with Crippen molar-refractivity contribution in [2.45, 2.75) is 51.3 Å². The summed E-state index contributed by atoms with van der Waals surface area (Å²) in [5.41, 5.74) is 1.86. The number of piperidine rings is 1. The van der Waals surface area contributed by atoms with Crippen LogP contribution in [0.15, 0.2) is 48.5 Å². The van der Waals surface area contributed by atoms with E-state index in [9.17, 15) is 14.3 Å². The first kappa shape index (κ1) is 20.5. The molecule has 4 nitrogen and oxygen atoms in total. The second kappa shape index (κ2) is 8.84. The van der Waals surface area contributed by atoms with E-state index < -0.39 is 5.60 Å². The van der Waals surface area contributed by atoms with E-state index >= 15 is 0 Å². The van der Waals surface area contributed by atoms with Crippen molar-refractivity contribution in [1.29, 1.82) is 0 Å². The zero-order chi connectivity index (χ0) is 20.1. The van der Waals surface area contributed by atoms with Gasteiger partial charge in [-0.25, -0.2) is 4.39 Å². The highest BCUT2D eigenvalue weighted by Gasteiger charge is 2.41. The van der Waals surface area contributed by atoms with E-state index in [0.29, 0.717) is 32.0 Å². The molecular weight excluding hydrogens is 355 g/mol. The molecule has 0 bridgehead atoms. The van der Waals surface area contributed by atoms with Crippen molar-refractivity contribution in [1.82, 2.24) is 10.2 Å². The molecule has 5 heteroatoms. The molecule has 1 heterocycles. The molecule has 1 amide bonds. The van der Waals surface area contributed by atoms with E-state index in [4.69, 9.17) is 0 Å². The molecule has 150 valence electrons. The third-order valence-corrected chi connectivity index (χ3v) is 5.38. The SMILES string of the molecule is CC(C)c1ccc(CN2CCCC(O)(CNCc3ccc(F)cc3)C2=O)cc1. The molecule has 1 saturated heterocycles. The lowest BCUT2D eigenvalue weighted by Gasteiger charge is -2.38. The smallest absolute Gasteiger partial charge is 0.256 e. The van der Waals surface area contributed by atoms with Gasteiger partial charge < -0.3 is 15.3 Å². The zero-order valence-electron chi connectivity index (χ0n) is 16.6. The van der Waals surface area contributed by atoms with Crippen LogP contribution in [0.3, 0.4) is 0 Å². The molecule has 1 aliphatic heterocycles. The summed E-state index contributed by atoms with van der Waals surface area (Å²) < 4.78 is 13.0. The molecular formula is C23H29FN2O2. The van der Waals surface area contributed by atoms with Gasteiger partial charge in [0.2, 0.25) is 0 Å². The van der Waals surface area contributed by atoms with Crippen LogP contribution in [0.5, 0.6) is 0 Å². The Labute approximate surface area is 166 Å². The van der Waals surface area contributed by atoms with Gasteiger partial charge in [-0.15, -0.1) is 0 Å². The van der Waals surface area contributed by atoms with Gasteiger partial charge in [-0.05, 0) is 47.6 Å². The Kier molecular flexibility index (Phi) is 6.47. The van der Waals surface area contributed by atoms with Gasteiger partial charge in [0.25, 0.3) is 5.91 Å². The van der Waals surface area contributed by atoms with Crippen LogP contribution in [0.2, 0.25) is 0 Å². The monoisotopic (exact) mass is 384 g/mol. The molecule has 0 aromatic heterocycles. The number of hydrogen-bond acceptors (Lipinski definition) is 3. The number of hydrogen-bond donors (Lipinski definition) is 2. The standard InChI is InChI=1S/C23H29FN2O2/c1-17(2)20-8-4-19(5-9-20)15-26-13-3-12-23(28,22(26)27)16-25-14-18-6-10-21(24)11-7-18/h4-11,17,25,28H,3,12-16H2,1-2H3. The molecule has 0 radical (unpaired) electrons. The highest BCUT2D eigenvalue weighted by atomic mass is 19.1. The minimum absolute atomic E-state index is 0.187. The predicted molar refractivity (Wildman–Crippen MR) is 108 cm³/mol. The molecule has 0 saturated carbocycles. The van der Waals surface area contributed by atoms with Crippen LogP contribution in [0.1, 0.15) is 49.3 Å². The van der Waals surface area contributed by atoms with E-state index in [0.717, 1.165) is 17.5 Å². The van der Waals surface area contributed by atoms with Gasteiger partial charge in [-0.2, -0.15) is 0 Å². The summed E-state index contributed by atoms with van der Waals surface area (Å²) in [5, 5.41) is 14.1. The average Bonchev–Trinajstić information content (AvgIpc) is 2.68. The minimum atomic E-state index is -1.39. The molecule has 2 aromatic carbocycles. The summed E-state index contributed by atoms with van der Waals surface area (Å²) in [6.07, 6.45) is 1.22. The van der Waals surface area contributed by atoms with Gasteiger partial charge in [0.05, 0.1) is 0 Å². The molecule has 0 aliphatic carbocycles. The molecule has 1 unspecified atom stereocenters. The van der Waals surface area contributed by atoms with Crippen LogP contribution in [-0.2, 0) is 17.9 Å². The summed E-state index contributed by atoms with van der Waals surface area (Å²) >= 11 is 0. The lowest BCUT2D eigenvalue weighted by molar-refractivity contribution is -0.157. The average molecular weight is 384 g/mol. The maximum absolute atomic E-state index is 13.0. The molecule has 0 spiro atoms. The largest absolute Gasteiger partial charge is 0.379 e. The number of likely N-dealkylation sites (tertiary alicyclic amines) is 1. The molecule has 28 heavy (non-hydrogen) atoms. The number of carbonyl (C=O) groups is 1. The third-order valence-electron chi connectivity index (χ3n) is 5.38. The van der Waals surface area contributed by atoms with Crippen molar-refractivity contribution in [3.8, 4) is 0 Å². The highest BCUT2D eigenvalue weighted by Crippen LogP contribution is 2.24. The van der Waals surface area contributed by atoms with Crippen molar-refractivity contribution in [3.05, 3.63) is 71.0 Å². The van der Waals surface area contributed by atoms with E-state index in [1.807, 2.05) is 0 Å². The second-order valence-electron chi connectivity index (χ2n) is 7.99. The number of nitrogens with one attached hydrogen (secondary N) is 1. The molecule has 1 aliphatic rings. The van der Waals surface area contributed by atoms with Gasteiger partial charge in [0.15, 0.2) is 5.60 Å². The van der Waals surface area contributed by atoms with Crippen molar-refractivity contribution < 1.29 is 14.3 Å². The second-order valence-corrected chi connectivity index (χ2v) is 7.99. The Bertz CT molecular complexity index is 789. The highest BCUT2D eigenvalue weighted by molar-refractivity contribution is 5.86. The molecule has 2 N–H and O–H groups in total. The number of nitrogens with zero attached hydrogens (tertiary/aromatic N) is 1. The van der Waals surface area contributed by atoms with E-state index in [1.165, 1.54) is 17.7 Å². The van der Waals surface area contributed by atoms with Gasteiger partial charge in [-0.1, -0.05) is 50.2 Å². The Hall–Kier alpha value is -2.24. The normalized spacial score (nSPS) is 20.0.